The van der Waals surface area contributed by atoms with Gasteiger partial charge in [-0.15, -0.1) is 0 Å². The molecule has 0 aromatic carbocycles. The molecule has 1 fully saturated rings. The second kappa shape index (κ2) is 8.08. The van der Waals surface area contributed by atoms with Gasteiger partial charge >= 0.3 is 0 Å². The second-order valence-corrected chi connectivity index (χ2v) is 6.55. The van der Waals surface area contributed by atoms with Crippen molar-refractivity contribution < 1.29 is 14.3 Å². The lowest BCUT2D eigenvalue weighted by Crippen LogP contribution is -2.58. The minimum atomic E-state index is -0.212. The maximum absolute atomic E-state index is 11.9. The van der Waals surface area contributed by atoms with Gasteiger partial charge in [0.2, 0.25) is 5.91 Å². The predicted molar refractivity (Wildman–Crippen MR) is 83.1 cm³/mol. The number of nitrogens with zero attached hydrogens (tertiary/aromatic N) is 1. The van der Waals surface area contributed by atoms with Gasteiger partial charge in [-0.05, 0) is 27.7 Å². The Hall–Kier alpha value is -0.690. The standard InChI is InChI=1S/C15H31N3O3/c1-11-8-18(9-12(2)21-11)15(3,4)10-17-14(19)6-13(7-16)20-5/h11-13H,6-10,16H2,1-5H3,(H,17,19). The first kappa shape index (κ1) is 18.4. The van der Waals surface area contributed by atoms with Crippen LogP contribution in [0.1, 0.15) is 34.1 Å². The van der Waals surface area contributed by atoms with E-state index in [1.807, 2.05) is 0 Å². The third kappa shape index (κ3) is 5.90. The molecule has 0 radical (unpaired) electrons. The SMILES string of the molecule is COC(CN)CC(=O)NCC(C)(C)N1CC(C)OC(C)C1. The van der Waals surface area contributed by atoms with Crippen LogP contribution in [0, 0.1) is 0 Å². The van der Waals surface area contributed by atoms with Gasteiger partial charge in [-0.1, -0.05) is 0 Å². The number of carbonyl (C=O) groups is 1. The van der Waals surface area contributed by atoms with Gasteiger partial charge in [0.1, 0.15) is 0 Å². The highest BCUT2D eigenvalue weighted by Gasteiger charge is 2.33. The van der Waals surface area contributed by atoms with Crippen LogP contribution in [0.3, 0.4) is 0 Å². The van der Waals surface area contributed by atoms with Gasteiger partial charge in [0.25, 0.3) is 0 Å². The van der Waals surface area contributed by atoms with Crippen LogP contribution in [-0.4, -0.2) is 67.9 Å². The molecule has 6 nitrogen and oxygen atoms in total. The molecule has 0 aromatic rings. The molecular weight excluding hydrogens is 270 g/mol. The van der Waals surface area contributed by atoms with Crippen molar-refractivity contribution >= 4 is 5.91 Å². The molecule has 0 aliphatic carbocycles. The van der Waals surface area contributed by atoms with E-state index in [-0.39, 0.29) is 29.8 Å². The first-order valence-corrected chi connectivity index (χ1v) is 7.68. The van der Waals surface area contributed by atoms with Crippen molar-refractivity contribution in [3.8, 4) is 0 Å². The fraction of sp³-hybridized carbons (Fsp3) is 0.933. The molecule has 1 aliphatic rings. The zero-order valence-corrected chi connectivity index (χ0v) is 14.0. The van der Waals surface area contributed by atoms with Gasteiger partial charge in [-0.3, -0.25) is 9.69 Å². The third-order valence-corrected chi connectivity index (χ3v) is 4.00. The van der Waals surface area contributed by atoms with Crippen molar-refractivity contribution in [3.05, 3.63) is 0 Å². The van der Waals surface area contributed by atoms with Gasteiger partial charge < -0.3 is 20.5 Å². The topological polar surface area (TPSA) is 76.8 Å². The molecule has 1 saturated heterocycles. The monoisotopic (exact) mass is 301 g/mol. The zero-order chi connectivity index (χ0) is 16.0. The summed E-state index contributed by atoms with van der Waals surface area (Å²) in [6.45, 7) is 11.2. The van der Waals surface area contributed by atoms with Crippen LogP contribution >= 0.6 is 0 Å². The molecule has 0 aromatic heterocycles. The van der Waals surface area contributed by atoms with Crippen LogP contribution in [0.25, 0.3) is 0 Å². The Bertz CT molecular complexity index is 322. The molecule has 1 heterocycles. The Morgan fingerprint density at radius 2 is 2.00 bits per heavy atom. The summed E-state index contributed by atoms with van der Waals surface area (Å²) in [6, 6.07) is 0. The highest BCUT2D eigenvalue weighted by atomic mass is 16.5. The molecule has 6 heteroatoms. The van der Waals surface area contributed by atoms with Crippen molar-refractivity contribution in [3.63, 3.8) is 0 Å². The normalized spacial score (nSPS) is 25.6. The largest absolute Gasteiger partial charge is 0.380 e. The number of rotatable bonds is 7. The number of ether oxygens (including phenoxy) is 2. The van der Waals surface area contributed by atoms with Crippen LogP contribution < -0.4 is 11.1 Å². The highest BCUT2D eigenvalue weighted by molar-refractivity contribution is 5.76. The number of methoxy groups -OCH3 is 1. The summed E-state index contributed by atoms with van der Waals surface area (Å²) in [5, 5.41) is 2.99. The molecule has 3 unspecified atom stereocenters. The van der Waals surface area contributed by atoms with Gasteiger partial charge in [0.05, 0.1) is 24.7 Å². The quantitative estimate of drug-likeness (QED) is 0.710. The molecule has 1 amide bonds. The Balaban J connectivity index is 2.46. The maximum atomic E-state index is 11.9. The van der Waals surface area contributed by atoms with E-state index in [9.17, 15) is 4.79 Å². The van der Waals surface area contributed by atoms with Crippen LogP contribution in [0.2, 0.25) is 0 Å². The maximum Gasteiger partial charge on any atom is 0.222 e. The molecule has 0 bridgehead atoms. The number of carbonyl (C=O) groups excluding carboxylic acids is 1. The van der Waals surface area contributed by atoms with Crippen molar-refractivity contribution in [1.29, 1.82) is 0 Å². The van der Waals surface area contributed by atoms with Crippen molar-refractivity contribution in [2.24, 2.45) is 5.73 Å². The van der Waals surface area contributed by atoms with Crippen LogP contribution in [-0.2, 0) is 14.3 Å². The van der Waals surface area contributed by atoms with Gasteiger partial charge in [0.15, 0.2) is 0 Å². The van der Waals surface area contributed by atoms with Gasteiger partial charge in [-0.2, -0.15) is 0 Å². The molecule has 0 spiro atoms. The van der Waals surface area contributed by atoms with E-state index in [4.69, 9.17) is 15.2 Å². The summed E-state index contributed by atoms with van der Waals surface area (Å²) in [7, 11) is 1.57. The fourth-order valence-electron chi connectivity index (χ4n) is 2.64. The molecule has 124 valence electrons. The van der Waals surface area contributed by atoms with E-state index >= 15 is 0 Å². The van der Waals surface area contributed by atoms with E-state index in [2.05, 4.69) is 37.9 Å². The molecule has 1 rings (SSSR count). The van der Waals surface area contributed by atoms with Crippen LogP contribution in [0.5, 0.6) is 0 Å². The second-order valence-electron chi connectivity index (χ2n) is 6.55. The zero-order valence-electron chi connectivity index (χ0n) is 14.0. The summed E-state index contributed by atoms with van der Waals surface area (Å²) in [6.07, 6.45) is 0.535. The Kier molecular flexibility index (Phi) is 7.06. The Morgan fingerprint density at radius 1 is 1.43 bits per heavy atom. The predicted octanol–water partition coefficient (Wildman–Crippen LogP) is 0.354. The Morgan fingerprint density at radius 3 is 2.48 bits per heavy atom. The number of hydrogen-bond donors (Lipinski definition) is 2. The molecule has 3 atom stereocenters. The van der Waals surface area contributed by atoms with E-state index in [1.165, 1.54) is 0 Å². The lowest BCUT2D eigenvalue weighted by Gasteiger charge is -2.45. The number of amides is 1. The minimum Gasteiger partial charge on any atom is -0.380 e. The first-order valence-electron chi connectivity index (χ1n) is 7.68. The van der Waals surface area contributed by atoms with Crippen molar-refractivity contribution in [2.45, 2.75) is 58.0 Å². The smallest absolute Gasteiger partial charge is 0.222 e. The average molecular weight is 301 g/mol. The summed E-state index contributed by atoms with van der Waals surface area (Å²) in [4.78, 5) is 14.3. The lowest BCUT2D eigenvalue weighted by molar-refractivity contribution is -0.125. The number of hydrogen-bond acceptors (Lipinski definition) is 5. The minimum absolute atomic E-state index is 0.0188. The first-order chi connectivity index (χ1) is 9.78. The Labute approximate surface area is 128 Å². The number of nitrogens with one attached hydrogen (secondary N) is 1. The lowest BCUT2D eigenvalue weighted by atomic mass is 10.00. The molecule has 21 heavy (non-hydrogen) atoms. The van der Waals surface area contributed by atoms with E-state index in [0.717, 1.165) is 13.1 Å². The number of morpholine rings is 1. The van der Waals surface area contributed by atoms with Crippen LogP contribution in [0.4, 0.5) is 0 Å². The average Bonchev–Trinajstić information content (AvgIpc) is 2.41. The molecule has 3 N–H and O–H groups in total. The van der Waals surface area contributed by atoms with E-state index < -0.39 is 0 Å². The molecular formula is C15H31N3O3. The number of nitrogens with two attached hydrogens (primary N) is 1. The summed E-state index contributed by atoms with van der Waals surface area (Å²) >= 11 is 0. The molecule has 1 aliphatic heterocycles. The summed E-state index contributed by atoms with van der Waals surface area (Å²) in [5.41, 5.74) is 5.43. The molecule has 0 saturated carbocycles. The fourth-order valence-corrected chi connectivity index (χ4v) is 2.64. The third-order valence-electron chi connectivity index (χ3n) is 4.00. The van der Waals surface area contributed by atoms with Crippen molar-refractivity contribution in [2.75, 3.05) is 33.3 Å². The van der Waals surface area contributed by atoms with Gasteiger partial charge in [-0.25, -0.2) is 0 Å². The van der Waals surface area contributed by atoms with E-state index in [0.29, 0.717) is 19.5 Å². The van der Waals surface area contributed by atoms with Gasteiger partial charge in [0, 0.05) is 38.8 Å². The highest BCUT2D eigenvalue weighted by Crippen LogP contribution is 2.20. The van der Waals surface area contributed by atoms with Crippen LogP contribution in [0.15, 0.2) is 0 Å². The van der Waals surface area contributed by atoms with Crippen molar-refractivity contribution in [1.82, 2.24) is 10.2 Å². The summed E-state index contributed by atoms with van der Waals surface area (Å²) in [5.74, 6) is -0.0188. The van der Waals surface area contributed by atoms with E-state index in [1.54, 1.807) is 7.11 Å². The summed E-state index contributed by atoms with van der Waals surface area (Å²) < 4.78 is 10.9.